The average molecular weight is 452 g/mol. The molecule has 1 aliphatic carbocycles. The number of hydrogen-bond acceptors (Lipinski definition) is 5. The predicted octanol–water partition coefficient (Wildman–Crippen LogP) is 3.26. The van der Waals surface area contributed by atoms with Crippen molar-refractivity contribution in [2.24, 2.45) is 7.05 Å². The van der Waals surface area contributed by atoms with E-state index >= 15 is 0 Å². The Morgan fingerprint density at radius 2 is 1.97 bits per heavy atom. The Labute approximate surface area is 181 Å². The van der Waals surface area contributed by atoms with Gasteiger partial charge in [-0.25, -0.2) is 4.79 Å². The maximum atomic E-state index is 12.9. The van der Waals surface area contributed by atoms with Gasteiger partial charge in [-0.1, -0.05) is 0 Å². The van der Waals surface area contributed by atoms with E-state index in [0.29, 0.717) is 19.2 Å². The molecule has 1 N–H and O–H groups in total. The van der Waals surface area contributed by atoms with Crippen molar-refractivity contribution in [3.8, 4) is 0 Å². The molecule has 0 bridgehead atoms. The normalized spacial score (nSPS) is 18.9. The van der Waals surface area contributed by atoms with Gasteiger partial charge in [0.1, 0.15) is 5.69 Å². The molecule has 0 spiro atoms. The molecule has 4 rings (SSSR count). The molecule has 0 saturated carbocycles. The Hall–Kier alpha value is -3.31. The Bertz CT molecular complexity index is 1030. The van der Waals surface area contributed by atoms with Gasteiger partial charge in [0.15, 0.2) is 0 Å². The molecule has 0 radical (unpaired) electrons. The molecule has 2 amide bonds. The van der Waals surface area contributed by atoms with E-state index < -0.39 is 22.4 Å². The molecular formula is C20H23F3N6O3. The van der Waals surface area contributed by atoms with E-state index in [-0.39, 0.29) is 30.8 Å². The summed E-state index contributed by atoms with van der Waals surface area (Å²) in [6.45, 7) is 1.16. The summed E-state index contributed by atoms with van der Waals surface area (Å²) in [5.41, 5.74) is 0.597. The number of alkyl halides is 3. The van der Waals surface area contributed by atoms with Crippen molar-refractivity contribution in [3.63, 3.8) is 0 Å². The molecule has 1 saturated heterocycles. The van der Waals surface area contributed by atoms with Gasteiger partial charge in [0, 0.05) is 50.6 Å². The monoisotopic (exact) mass is 452 g/mol. The Morgan fingerprint density at radius 3 is 2.62 bits per heavy atom. The first-order valence-corrected chi connectivity index (χ1v) is 10.3. The number of nitro groups is 1. The fourth-order valence-corrected chi connectivity index (χ4v) is 4.36. The van der Waals surface area contributed by atoms with Gasteiger partial charge < -0.3 is 15.1 Å². The summed E-state index contributed by atoms with van der Waals surface area (Å²) in [6.07, 6.45) is -0.192. The molecule has 2 aromatic rings. The number of nitro benzene ring substituents is 1. The number of carbonyl (C=O) groups excluding carboxylic acids is 1. The number of hydrogen-bond donors (Lipinski definition) is 1. The fraction of sp³-hybridized carbons (Fsp3) is 0.500. The summed E-state index contributed by atoms with van der Waals surface area (Å²) in [5.74, 6) is 0. The van der Waals surface area contributed by atoms with Crippen LogP contribution in [0.3, 0.4) is 0 Å². The number of nitrogens with zero attached hydrogens (tertiary/aromatic N) is 5. The highest BCUT2D eigenvalue weighted by atomic mass is 19.4. The second-order valence-corrected chi connectivity index (χ2v) is 8.00. The van der Waals surface area contributed by atoms with Gasteiger partial charge in [-0.3, -0.25) is 14.8 Å². The van der Waals surface area contributed by atoms with Gasteiger partial charge in [-0.2, -0.15) is 18.3 Å². The van der Waals surface area contributed by atoms with Crippen LogP contribution in [-0.4, -0.2) is 51.8 Å². The highest BCUT2D eigenvalue weighted by molar-refractivity contribution is 5.75. The standard InChI is InChI=1S/C20H23F3N6O3/c1-26-16-4-2-3-15(14(16)12-24-26)25-19(30)28-9-7-27(8-10-28)17-6-5-13(20(21,22)23)11-18(17)29(31)32/h5-6,11-12,15H,2-4,7-10H2,1H3,(H,25,30). The van der Waals surface area contributed by atoms with Crippen LogP contribution >= 0.6 is 0 Å². The molecule has 1 atom stereocenters. The highest BCUT2D eigenvalue weighted by Crippen LogP contribution is 2.37. The topological polar surface area (TPSA) is 96.5 Å². The quantitative estimate of drug-likeness (QED) is 0.570. The smallest absolute Gasteiger partial charge is 0.362 e. The van der Waals surface area contributed by atoms with E-state index in [0.717, 1.165) is 42.7 Å². The number of benzene rings is 1. The van der Waals surface area contributed by atoms with Crippen molar-refractivity contribution < 1.29 is 22.9 Å². The Kier molecular flexibility index (Phi) is 5.70. The molecule has 2 aliphatic rings. The van der Waals surface area contributed by atoms with Gasteiger partial charge in [-0.05, 0) is 31.4 Å². The third kappa shape index (κ3) is 4.21. The third-order valence-corrected chi connectivity index (χ3v) is 6.08. The number of rotatable bonds is 3. The molecule has 2 heterocycles. The number of fused-ring (bicyclic) bond motifs is 1. The Morgan fingerprint density at radius 1 is 1.25 bits per heavy atom. The van der Waals surface area contributed by atoms with Crippen molar-refractivity contribution in [3.05, 3.63) is 51.3 Å². The SMILES string of the molecule is Cn1ncc2c1CCCC2NC(=O)N1CCN(c2ccc(C(F)(F)F)cc2[N+](=O)[O-])CC1. The summed E-state index contributed by atoms with van der Waals surface area (Å²) < 4.78 is 40.6. The van der Waals surface area contributed by atoms with Crippen LogP contribution in [0.4, 0.5) is 29.3 Å². The summed E-state index contributed by atoms with van der Waals surface area (Å²) in [6, 6.07) is 2.18. The number of amides is 2. The van der Waals surface area contributed by atoms with E-state index in [1.807, 2.05) is 11.7 Å². The molecule has 1 unspecified atom stereocenters. The van der Waals surface area contributed by atoms with Crippen LogP contribution in [-0.2, 0) is 19.6 Å². The van der Waals surface area contributed by atoms with Crippen molar-refractivity contribution >= 4 is 17.4 Å². The number of anilines is 1. The van der Waals surface area contributed by atoms with Gasteiger partial charge >= 0.3 is 12.2 Å². The lowest BCUT2D eigenvalue weighted by Crippen LogP contribution is -2.52. The molecule has 32 heavy (non-hydrogen) atoms. The number of aryl methyl sites for hydroxylation is 1. The van der Waals surface area contributed by atoms with E-state index in [1.165, 1.54) is 0 Å². The van der Waals surface area contributed by atoms with E-state index in [1.54, 1.807) is 16.0 Å². The first-order chi connectivity index (χ1) is 15.1. The maximum absolute atomic E-state index is 12.9. The number of nitrogens with one attached hydrogen (secondary N) is 1. The summed E-state index contributed by atoms with van der Waals surface area (Å²) in [5, 5.41) is 18.7. The van der Waals surface area contributed by atoms with Gasteiger partial charge in [0.05, 0.1) is 22.7 Å². The van der Waals surface area contributed by atoms with Gasteiger partial charge in [0.25, 0.3) is 5.69 Å². The lowest BCUT2D eigenvalue weighted by Gasteiger charge is -2.37. The largest absolute Gasteiger partial charge is 0.416 e. The number of halogens is 3. The first kappa shape index (κ1) is 21.9. The minimum atomic E-state index is -4.66. The third-order valence-electron chi connectivity index (χ3n) is 6.08. The zero-order chi connectivity index (χ0) is 23.0. The van der Waals surface area contributed by atoms with E-state index in [2.05, 4.69) is 10.4 Å². The lowest BCUT2D eigenvalue weighted by molar-refractivity contribution is -0.384. The number of urea groups is 1. The minimum Gasteiger partial charge on any atom is -0.362 e. The molecular weight excluding hydrogens is 429 g/mol. The zero-order valence-electron chi connectivity index (χ0n) is 17.4. The van der Waals surface area contributed by atoms with E-state index in [4.69, 9.17) is 0 Å². The average Bonchev–Trinajstić information content (AvgIpc) is 3.14. The molecule has 1 aromatic carbocycles. The second-order valence-electron chi connectivity index (χ2n) is 8.00. The van der Waals surface area contributed by atoms with Crippen molar-refractivity contribution in [2.75, 3.05) is 31.1 Å². The van der Waals surface area contributed by atoms with Crippen LogP contribution in [0.1, 0.15) is 35.7 Å². The summed E-state index contributed by atoms with van der Waals surface area (Å²) in [4.78, 5) is 26.6. The maximum Gasteiger partial charge on any atom is 0.416 e. The minimum absolute atomic E-state index is 0.117. The zero-order valence-corrected chi connectivity index (χ0v) is 17.4. The number of aromatic nitrogens is 2. The van der Waals surface area contributed by atoms with Crippen molar-refractivity contribution in [2.45, 2.75) is 31.5 Å². The van der Waals surface area contributed by atoms with Crippen LogP contribution in [0.5, 0.6) is 0 Å². The molecule has 1 aromatic heterocycles. The van der Waals surface area contributed by atoms with Crippen molar-refractivity contribution in [1.82, 2.24) is 20.0 Å². The summed E-state index contributed by atoms with van der Waals surface area (Å²) >= 11 is 0. The van der Waals surface area contributed by atoms with Gasteiger partial charge in [-0.15, -0.1) is 0 Å². The van der Waals surface area contributed by atoms with Crippen LogP contribution in [0.2, 0.25) is 0 Å². The molecule has 1 aliphatic heterocycles. The molecule has 1 fully saturated rings. The molecule has 172 valence electrons. The van der Waals surface area contributed by atoms with Crippen LogP contribution in [0.25, 0.3) is 0 Å². The van der Waals surface area contributed by atoms with E-state index in [9.17, 15) is 28.1 Å². The highest BCUT2D eigenvalue weighted by Gasteiger charge is 2.35. The second kappa shape index (κ2) is 8.32. The molecule has 12 heteroatoms. The summed E-state index contributed by atoms with van der Waals surface area (Å²) in [7, 11) is 1.88. The Balaban J connectivity index is 1.41. The lowest BCUT2D eigenvalue weighted by atomic mass is 9.93. The molecule has 9 nitrogen and oxygen atoms in total. The first-order valence-electron chi connectivity index (χ1n) is 10.3. The van der Waals surface area contributed by atoms with Crippen LogP contribution in [0.15, 0.2) is 24.4 Å². The van der Waals surface area contributed by atoms with Crippen molar-refractivity contribution in [1.29, 1.82) is 0 Å². The fourth-order valence-electron chi connectivity index (χ4n) is 4.36. The van der Waals surface area contributed by atoms with Crippen LogP contribution < -0.4 is 10.2 Å². The predicted molar refractivity (Wildman–Crippen MR) is 109 cm³/mol. The number of piperazine rings is 1. The van der Waals surface area contributed by atoms with Crippen LogP contribution in [0, 0.1) is 10.1 Å². The van der Waals surface area contributed by atoms with Gasteiger partial charge in [0.2, 0.25) is 0 Å². The number of carbonyl (C=O) groups is 1.